The lowest BCUT2D eigenvalue weighted by atomic mass is 10.1. The summed E-state index contributed by atoms with van der Waals surface area (Å²) >= 11 is 7.29. The van der Waals surface area contributed by atoms with Crippen LogP contribution in [-0.4, -0.2) is 55.1 Å². The number of hydrogen-bond donors (Lipinski definition) is 2. The first-order chi connectivity index (χ1) is 16.8. The molecule has 35 heavy (non-hydrogen) atoms. The van der Waals surface area contributed by atoms with E-state index in [1.165, 1.54) is 30.6 Å². The van der Waals surface area contributed by atoms with Crippen molar-refractivity contribution in [2.75, 3.05) is 44.9 Å². The number of thiophene rings is 1. The highest BCUT2D eigenvalue weighted by Crippen LogP contribution is 2.33. The van der Waals surface area contributed by atoms with Gasteiger partial charge in [-0.1, -0.05) is 17.7 Å². The molecule has 0 saturated carbocycles. The standard InChI is InChI=1S/C25H25ClFN5O2S/c1-32(2)10-4-9-28-23-18(14-29-25(31-23)30-17-6-7-20(27)19(26)13-17)15-5-8-21-16(11-15)12-22(35-21)24(33)34-3/h5-8,11-14H,4,9-10H2,1-3H3,(H2,28,29,30,31). The largest absolute Gasteiger partial charge is 0.465 e. The molecule has 4 rings (SSSR count). The van der Waals surface area contributed by atoms with Crippen LogP contribution in [0.15, 0.2) is 48.7 Å². The molecule has 2 aromatic heterocycles. The maximum atomic E-state index is 13.5. The second-order valence-corrected chi connectivity index (χ2v) is 9.64. The fourth-order valence-corrected chi connectivity index (χ4v) is 4.65. The van der Waals surface area contributed by atoms with Crippen molar-refractivity contribution in [1.82, 2.24) is 14.9 Å². The summed E-state index contributed by atoms with van der Waals surface area (Å²) in [5.41, 5.74) is 2.32. The first kappa shape index (κ1) is 24.8. The monoisotopic (exact) mass is 513 g/mol. The molecular weight excluding hydrogens is 489 g/mol. The van der Waals surface area contributed by atoms with Gasteiger partial charge in [-0.3, -0.25) is 0 Å². The van der Waals surface area contributed by atoms with E-state index in [1.54, 1.807) is 12.3 Å². The van der Waals surface area contributed by atoms with Crippen LogP contribution in [-0.2, 0) is 4.74 Å². The number of esters is 1. The number of fused-ring (bicyclic) bond motifs is 1. The van der Waals surface area contributed by atoms with E-state index in [9.17, 15) is 9.18 Å². The lowest BCUT2D eigenvalue weighted by Gasteiger charge is -2.15. The first-order valence-electron chi connectivity index (χ1n) is 10.9. The van der Waals surface area contributed by atoms with E-state index in [0.717, 1.165) is 40.7 Å². The van der Waals surface area contributed by atoms with Gasteiger partial charge in [0, 0.05) is 28.7 Å². The van der Waals surface area contributed by atoms with Crippen molar-refractivity contribution in [3.63, 3.8) is 0 Å². The quantitative estimate of drug-likeness (QED) is 0.208. The molecule has 2 aromatic carbocycles. The molecule has 0 atom stereocenters. The van der Waals surface area contributed by atoms with E-state index >= 15 is 0 Å². The fourth-order valence-electron chi connectivity index (χ4n) is 3.51. The molecule has 2 heterocycles. The SMILES string of the molecule is COC(=O)c1cc2cc(-c3cnc(Nc4ccc(F)c(Cl)c4)nc3NCCCN(C)C)ccc2s1. The second kappa shape index (κ2) is 11.0. The van der Waals surface area contributed by atoms with Crippen LogP contribution < -0.4 is 10.6 Å². The number of hydrogen-bond acceptors (Lipinski definition) is 8. The molecule has 182 valence electrons. The molecule has 7 nitrogen and oxygen atoms in total. The topological polar surface area (TPSA) is 79.4 Å². The Bertz CT molecular complexity index is 1360. The minimum absolute atomic E-state index is 0.0176. The first-order valence-corrected chi connectivity index (χ1v) is 12.1. The number of anilines is 3. The smallest absolute Gasteiger partial charge is 0.348 e. The van der Waals surface area contributed by atoms with Crippen LogP contribution in [0.4, 0.5) is 21.8 Å². The molecule has 0 radical (unpaired) electrons. The number of nitrogens with one attached hydrogen (secondary N) is 2. The Hall–Kier alpha value is -3.27. The van der Waals surface area contributed by atoms with Crippen LogP contribution in [0.25, 0.3) is 21.2 Å². The number of carbonyl (C=O) groups is 1. The van der Waals surface area contributed by atoms with Gasteiger partial charge >= 0.3 is 5.97 Å². The van der Waals surface area contributed by atoms with Crippen LogP contribution in [0.3, 0.4) is 0 Å². The summed E-state index contributed by atoms with van der Waals surface area (Å²) in [5, 5.41) is 7.46. The van der Waals surface area contributed by atoms with Crippen LogP contribution in [0.2, 0.25) is 5.02 Å². The number of methoxy groups -OCH3 is 1. The summed E-state index contributed by atoms with van der Waals surface area (Å²) in [5.74, 6) is 0.180. The van der Waals surface area contributed by atoms with Crippen molar-refractivity contribution in [2.45, 2.75) is 6.42 Å². The van der Waals surface area contributed by atoms with Crippen molar-refractivity contribution in [3.8, 4) is 11.1 Å². The number of benzene rings is 2. The third kappa shape index (κ3) is 6.05. The summed E-state index contributed by atoms with van der Waals surface area (Å²) in [6.45, 7) is 1.65. The molecular formula is C25H25ClFN5O2S. The zero-order valence-electron chi connectivity index (χ0n) is 19.6. The van der Waals surface area contributed by atoms with Crippen molar-refractivity contribution < 1.29 is 13.9 Å². The molecule has 0 spiro atoms. The Balaban J connectivity index is 1.66. The van der Waals surface area contributed by atoms with E-state index in [-0.39, 0.29) is 11.0 Å². The molecule has 0 fully saturated rings. The van der Waals surface area contributed by atoms with Crippen LogP contribution in [0.5, 0.6) is 0 Å². The predicted octanol–water partition coefficient (Wildman–Crippen LogP) is 6.04. The van der Waals surface area contributed by atoms with Gasteiger partial charge in [0.2, 0.25) is 5.95 Å². The van der Waals surface area contributed by atoms with E-state index in [2.05, 4.69) is 25.5 Å². The second-order valence-electron chi connectivity index (χ2n) is 8.15. The summed E-state index contributed by atoms with van der Waals surface area (Å²) in [6.07, 6.45) is 2.67. The van der Waals surface area contributed by atoms with Gasteiger partial charge in [-0.25, -0.2) is 14.2 Å². The Morgan fingerprint density at radius 3 is 2.77 bits per heavy atom. The number of aromatic nitrogens is 2. The zero-order chi connectivity index (χ0) is 24.9. The van der Waals surface area contributed by atoms with Gasteiger partial charge in [0.15, 0.2) is 0 Å². The van der Waals surface area contributed by atoms with Crippen molar-refractivity contribution in [1.29, 1.82) is 0 Å². The van der Waals surface area contributed by atoms with Gasteiger partial charge < -0.3 is 20.3 Å². The lowest BCUT2D eigenvalue weighted by molar-refractivity contribution is 0.0606. The van der Waals surface area contributed by atoms with Crippen molar-refractivity contribution in [3.05, 3.63) is 64.4 Å². The molecule has 0 aliphatic heterocycles. The summed E-state index contributed by atoms with van der Waals surface area (Å²) in [6, 6.07) is 12.1. The fraction of sp³-hybridized carbons (Fsp3) is 0.240. The molecule has 0 unspecified atom stereocenters. The molecule has 0 aliphatic carbocycles. The summed E-state index contributed by atoms with van der Waals surface area (Å²) < 4.78 is 19.4. The highest BCUT2D eigenvalue weighted by atomic mass is 35.5. The number of nitrogens with zero attached hydrogens (tertiary/aromatic N) is 3. The van der Waals surface area contributed by atoms with Gasteiger partial charge in [-0.05, 0) is 74.4 Å². The van der Waals surface area contributed by atoms with E-state index in [4.69, 9.17) is 16.3 Å². The van der Waals surface area contributed by atoms with Crippen LogP contribution in [0.1, 0.15) is 16.1 Å². The molecule has 0 amide bonds. The van der Waals surface area contributed by atoms with Crippen molar-refractivity contribution in [2.24, 2.45) is 0 Å². The maximum Gasteiger partial charge on any atom is 0.348 e. The highest BCUT2D eigenvalue weighted by Gasteiger charge is 2.14. The Morgan fingerprint density at radius 2 is 2.03 bits per heavy atom. The number of halogens is 2. The molecule has 0 saturated heterocycles. The van der Waals surface area contributed by atoms with Gasteiger partial charge in [0.25, 0.3) is 0 Å². The van der Waals surface area contributed by atoms with Gasteiger partial charge in [-0.15, -0.1) is 11.3 Å². The Morgan fingerprint density at radius 1 is 1.20 bits per heavy atom. The third-order valence-electron chi connectivity index (χ3n) is 5.25. The minimum atomic E-state index is -0.490. The zero-order valence-corrected chi connectivity index (χ0v) is 21.1. The van der Waals surface area contributed by atoms with Gasteiger partial charge in [0.1, 0.15) is 16.5 Å². The molecule has 10 heteroatoms. The Kier molecular flexibility index (Phi) is 7.80. The van der Waals surface area contributed by atoms with Gasteiger partial charge in [-0.2, -0.15) is 4.98 Å². The average Bonchev–Trinajstić information content (AvgIpc) is 3.27. The lowest BCUT2D eigenvalue weighted by Crippen LogP contribution is -2.17. The molecule has 2 N–H and O–H groups in total. The maximum absolute atomic E-state index is 13.5. The van der Waals surface area contributed by atoms with Crippen LogP contribution >= 0.6 is 22.9 Å². The number of rotatable bonds is 9. The summed E-state index contributed by atoms with van der Waals surface area (Å²) in [7, 11) is 5.44. The van der Waals surface area contributed by atoms with Crippen LogP contribution in [0, 0.1) is 5.82 Å². The Labute approximate surface area is 211 Å². The molecule has 0 aliphatic rings. The average molecular weight is 514 g/mol. The highest BCUT2D eigenvalue weighted by molar-refractivity contribution is 7.20. The number of ether oxygens (including phenoxy) is 1. The molecule has 0 bridgehead atoms. The normalized spacial score (nSPS) is 11.1. The predicted molar refractivity (Wildman–Crippen MR) is 141 cm³/mol. The van der Waals surface area contributed by atoms with E-state index < -0.39 is 5.82 Å². The van der Waals surface area contributed by atoms with E-state index in [1.807, 2.05) is 38.4 Å². The van der Waals surface area contributed by atoms with Crippen molar-refractivity contribution >= 4 is 56.4 Å². The molecule has 4 aromatic rings. The minimum Gasteiger partial charge on any atom is -0.465 e. The summed E-state index contributed by atoms with van der Waals surface area (Å²) in [4.78, 5) is 23.8. The third-order valence-corrected chi connectivity index (χ3v) is 6.64. The van der Waals surface area contributed by atoms with E-state index in [0.29, 0.717) is 22.3 Å². The van der Waals surface area contributed by atoms with Gasteiger partial charge in [0.05, 0.1) is 12.1 Å². The number of carbonyl (C=O) groups excluding carboxylic acids is 1.